The Bertz CT molecular complexity index is 521. The third kappa shape index (κ3) is 4.54. The lowest BCUT2D eigenvalue weighted by Gasteiger charge is -2.29. The fourth-order valence-electron chi connectivity index (χ4n) is 3.90. The van der Waals surface area contributed by atoms with E-state index in [-0.39, 0.29) is 18.0 Å². The van der Waals surface area contributed by atoms with Crippen molar-refractivity contribution >= 4 is 0 Å². The van der Waals surface area contributed by atoms with E-state index in [4.69, 9.17) is 9.47 Å². The summed E-state index contributed by atoms with van der Waals surface area (Å²) in [5.41, 5.74) is 0.993. The molecule has 5 heteroatoms. The zero-order valence-corrected chi connectivity index (χ0v) is 14.4. The van der Waals surface area contributed by atoms with Crippen LogP contribution in [0.15, 0.2) is 24.3 Å². The SMILES string of the molecule is CC1CCN(CC(O)COCC2CCCO2)C1c1cccc(F)c1. The maximum absolute atomic E-state index is 13.6. The normalized spacial score (nSPS) is 29.2. The molecule has 4 unspecified atom stereocenters. The zero-order chi connectivity index (χ0) is 16.9. The van der Waals surface area contributed by atoms with Crippen LogP contribution in [0.5, 0.6) is 0 Å². The van der Waals surface area contributed by atoms with Crippen molar-refractivity contribution in [2.75, 3.05) is 32.9 Å². The molecule has 0 bridgehead atoms. The molecule has 2 fully saturated rings. The van der Waals surface area contributed by atoms with E-state index < -0.39 is 6.10 Å². The number of aliphatic hydroxyl groups is 1. The Balaban J connectivity index is 1.51. The molecule has 4 atom stereocenters. The second-order valence-corrected chi connectivity index (χ2v) is 7.09. The van der Waals surface area contributed by atoms with Crippen molar-refractivity contribution in [2.45, 2.75) is 44.4 Å². The Kier molecular flexibility index (Phi) is 6.22. The van der Waals surface area contributed by atoms with Gasteiger partial charge in [0.25, 0.3) is 0 Å². The minimum Gasteiger partial charge on any atom is -0.389 e. The molecule has 0 spiro atoms. The van der Waals surface area contributed by atoms with Gasteiger partial charge >= 0.3 is 0 Å². The van der Waals surface area contributed by atoms with Gasteiger partial charge in [0.1, 0.15) is 5.82 Å². The first-order valence-corrected chi connectivity index (χ1v) is 9.00. The highest BCUT2D eigenvalue weighted by Gasteiger charge is 2.33. The summed E-state index contributed by atoms with van der Waals surface area (Å²) >= 11 is 0. The van der Waals surface area contributed by atoms with Gasteiger partial charge in [-0.25, -0.2) is 4.39 Å². The van der Waals surface area contributed by atoms with Gasteiger partial charge in [-0.15, -0.1) is 0 Å². The van der Waals surface area contributed by atoms with Gasteiger partial charge in [0.2, 0.25) is 0 Å². The van der Waals surface area contributed by atoms with Crippen LogP contribution in [0.1, 0.15) is 37.8 Å². The summed E-state index contributed by atoms with van der Waals surface area (Å²) in [5.74, 6) is 0.249. The first-order valence-electron chi connectivity index (χ1n) is 9.00. The topological polar surface area (TPSA) is 41.9 Å². The van der Waals surface area contributed by atoms with Crippen molar-refractivity contribution in [3.05, 3.63) is 35.6 Å². The summed E-state index contributed by atoms with van der Waals surface area (Å²) < 4.78 is 24.7. The number of ether oxygens (including phenoxy) is 2. The number of β-amino-alcohol motifs (C(OH)–C–C–N with tert-alkyl or cyclic N) is 1. The van der Waals surface area contributed by atoms with Crippen LogP contribution in [0.3, 0.4) is 0 Å². The lowest BCUT2D eigenvalue weighted by molar-refractivity contribution is -0.0267. The minimum absolute atomic E-state index is 0.161. The lowest BCUT2D eigenvalue weighted by Crippen LogP contribution is -2.36. The van der Waals surface area contributed by atoms with Crippen LogP contribution in [-0.4, -0.2) is 55.1 Å². The van der Waals surface area contributed by atoms with Gasteiger partial charge in [-0.3, -0.25) is 4.90 Å². The Labute approximate surface area is 143 Å². The predicted molar refractivity (Wildman–Crippen MR) is 90.3 cm³/mol. The maximum Gasteiger partial charge on any atom is 0.123 e. The van der Waals surface area contributed by atoms with Gasteiger partial charge in [-0.05, 0) is 49.4 Å². The van der Waals surface area contributed by atoms with Crippen LogP contribution < -0.4 is 0 Å². The second kappa shape index (κ2) is 8.39. The molecule has 2 aliphatic heterocycles. The first kappa shape index (κ1) is 17.8. The van der Waals surface area contributed by atoms with Crippen LogP contribution in [0.4, 0.5) is 4.39 Å². The first-order chi connectivity index (χ1) is 11.6. The van der Waals surface area contributed by atoms with Crippen LogP contribution in [0.25, 0.3) is 0 Å². The molecule has 2 heterocycles. The highest BCUT2D eigenvalue weighted by molar-refractivity contribution is 5.22. The molecule has 1 aromatic carbocycles. The molecule has 0 aliphatic carbocycles. The minimum atomic E-state index is -0.534. The van der Waals surface area contributed by atoms with Crippen molar-refractivity contribution in [3.63, 3.8) is 0 Å². The smallest absolute Gasteiger partial charge is 0.123 e. The summed E-state index contributed by atoms with van der Waals surface area (Å²) in [5, 5.41) is 10.3. The molecule has 24 heavy (non-hydrogen) atoms. The summed E-state index contributed by atoms with van der Waals surface area (Å²) in [6, 6.07) is 6.98. The largest absolute Gasteiger partial charge is 0.389 e. The summed E-state index contributed by atoms with van der Waals surface area (Å²) in [6.07, 6.45) is 2.85. The van der Waals surface area contributed by atoms with Gasteiger partial charge in [-0.1, -0.05) is 19.1 Å². The predicted octanol–water partition coefficient (Wildman–Crippen LogP) is 2.77. The molecule has 0 aromatic heterocycles. The second-order valence-electron chi connectivity index (χ2n) is 7.09. The summed E-state index contributed by atoms with van der Waals surface area (Å²) in [6.45, 7) is 5.36. The van der Waals surface area contributed by atoms with Crippen LogP contribution in [0, 0.1) is 11.7 Å². The van der Waals surface area contributed by atoms with Crippen molar-refractivity contribution in [2.24, 2.45) is 5.92 Å². The molecular formula is C19H28FNO3. The van der Waals surface area contributed by atoms with E-state index in [0.29, 0.717) is 25.7 Å². The van der Waals surface area contributed by atoms with Gasteiger partial charge in [-0.2, -0.15) is 0 Å². The molecule has 0 radical (unpaired) electrons. The number of rotatable bonds is 7. The third-order valence-corrected chi connectivity index (χ3v) is 5.08. The molecule has 0 saturated carbocycles. The van der Waals surface area contributed by atoms with Crippen LogP contribution in [0.2, 0.25) is 0 Å². The highest BCUT2D eigenvalue weighted by atomic mass is 19.1. The van der Waals surface area contributed by atoms with Crippen molar-refractivity contribution < 1.29 is 19.0 Å². The average Bonchev–Trinajstić information content (AvgIpc) is 3.17. The van der Waals surface area contributed by atoms with E-state index >= 15 is 0 Å². The number of benzene rings is 1. The standard InChI is InChI=1S/C19H28FNO3/c1-14-7-8-21(19(14)15-4-2-5-16(20)10-15)11-17(22)12-23-13-18-6-3-9-24-18/h2,4-5,10,14,17-19,22H,3,6-9,11-13H2,1H3. The van der Waals surface area contributed by atoms with E-state index in [1.54, 1.807) is 12.1 Å². The van der Waals surface area contributed by atoms with E-state index in [1.165, 1.54) is 6.07 Å². The van der Waals surface area contributed by atoms with Gasteiger partial charge < -0.3 is 14.6 Å². The Hall–Kier alpha value is -1.01. The molecule has 1 N–H and O–H groups in total. The molecule has 2 aliphatic rings. The number of hydrogen-bond acceptors (Lipinski definition) is 4. The molecular weight excluding hydrogens is 309 g/mol. The van der Waals surface area contributed by atoms with Gasteiger partial charge in [0.15, 0.2) is 0 Å². The average molecular weight is 337 g/mol. The maximum atomic E-state index is 13.6. The number of hydrogen-bond donors (Lipinski definition) is 1. The van der Waals surface area contributed by atoms with E-state index in [0.717, 1.165) is 38.0 Å². The molecule has 2 saturated heterocycles. The van der Waals surface area contributed by atoms with Crippen LogP contribution in [-0.2, 0) is 9.47 Å². The number of aliphatic hydroxyl groups excluding tert-OH is 1. The fourth-order valence-corrected chi connectivity index (χ4v) is 3.90. The number of nitrogens with zero attached hydrogens (tertiary/aromatic N) is 1. The summed E-state index contributed by atoms with van der Waals surface area (Å²) in [4.78, 5) is 2.25. The van der Waals surface area contributed by atoms with Gasteiger partial charge in [0.05, 0.1) is 25.4 Å². The molecule has 1 aromatic rings. The zero-order valence-electron chi connectivity index (χ0n) is 14.4. The molecule has 4 nitrogen and oxygen atoms in total. The van der Waals surface area contributed by atoms with Crippen LogP contribution >= 0.6 is 0 Å². The molecule has 3 rings (SSSR count). The number of halogens is 1. The van der Waals surface area contributed by atoms with E-state index in [2.05, 4.69) is 11.8 Å². The highest BCUT2D eigenvalue weighted by Crippen LogP contribution is 2.37. The molecule has 0 amide bonds. The van der Waals surface area contributed by atoms with Crippen molar-refractivity contribution in [1.82, 2.24) is 4.90 Å². The molecule has 134 valence electrons. The number of likely N-dealkylation sites (tertiary alicyclic amines) is 1. The van der Waals surface area contributed by atoms with Gasteiger partial charge in [0, 0.05) is 19.2 Å². The lowest BCUT2D eigenvalue weighted by atomic mass is 9.95. The monoisotopic (exact) mass is 337 g/mol. The Morgan fingerprint density at radius 1 is 1.42 bits per heavy atom. The summed E-state index contributed by atoms with van der Waals surface area (Å²) in [7, 11) is 0. The third-order valence-electron chi connectivity index (χ3n) is 5.08. The van der Waals surface area contributed by atoms with E-state index in [9.17, 15) is 9.50 Å². The van der Waals surface area contributed by atoms with E-state index in [1.807, 2.05) is 6.07 Å². The Morgan fingerprint density at radius 3 is 3.04 bits per heavy atom. The Morgan fingerprint density at radius 2 is 2.29 bits per heavy atom. The quantitative estimate of drug-likeness (QED) is 0.831. The van der Waals surface area contributed by atoms with Crippen molar-refractivity contribution in [1.29, 1.82) is 0 Å². The van der Waals surface area contributed by atoms with Crippen molar-refractivity contribution in [3.8, 4) is 0 Å². The fraction of sp³-hybridized carbons (Fsp3) is 0.684.